The summed E-state index contributed by atoms with van der Waals surface area (Å²) in [6.07, 6.45) is -3.09. The van der Waals surface area contributed by atoms with Crippen molar-refractivity contribution in [1.29, 1.82) is 0 Å². The second-order valence-electron chi connectivity index (χ2n) is 3.65. The normalized spacial score (nSPS) is 38.5. The number of halogens is 3. The molecule has 1 saturated carbocycles. The van der Waals surface area contributed by atoms with Crippen LogP contribution in [0.3, 0.4) is 0 Å². The molecular formula is C8H13F3. The van der Waals surface area contributed by atoms with Crippen molar-refractivity contribution in [2.24, 2.45) is 11.3 Å². The topological polar surface area (TPSA) is 0 Å². The molecule has 11 heavy (non-hydrogen) atoms. The Bertz CT molecular complexity index is 142. The second-order valence-corrected chi connectivity index (χ2v) is 3.65. The Hall–Kier alpha value is -0.210. The van der Waals surface area contributed by atoms with Crippen molar-refractivity contribution in [3.8, 4) is 0 Å². The molecule has 0 aliphatic heterocycles. The molecule has 0 aromatic carbocycles. The van der Waals surface area contributed by atoms with Crippen molar-refractivity contribution < 1.29 is 13.2 Å². The van der Waals surface area contributed by atoms with Gasteiger partial charge in [-0.15, -0.1) is 0 Å². The van der Waals surface area contributed by atoms with Gasteiger partial charge in [-0.2, -0.15) is 13.2 Å². The van der Waals surface area contributed by atoms with Crippen LogP contribution in [0, 0.1) is 11.3 Å². The predicted octanol–water partition coefficient (Wildman–Crippen LogP) is 3.38. The van der Waals surface area contributed by atoms with Crippen LogP contribution in [-0.4, -0.2) is 6.18 Å². The molecule has 0 spiro atoms. The first-order valence-corrected chi connectivity index (χ1v) is 3.98. The lowest BCUT2D eigenvalue weighted by Gasteiger charge is -2.47. The van der Waals surface area contributed by atoms with Crippen LogP contribution < -0.4 is 0 Å². The molecule has 1 aliphatic rings. The molecular weight excluding hydrogens is 153 g/mol. The maximum Gasteiger partial charge on any atom is 0.394 e. The molecule has 1 fully saturated rings. The van der Waals surface area contributed by atoms with E-state index in [0.29, 0.717) is 12.8 Å². The average molecular weight is 166 g/mol. The fourth-order valence-corrected chi connectivity index (χ4v) is 1.99. The Morgan fingerprint density at radius 1 is 1.36 bits per heavy atom. The summed E-state index contributed by atoms with van der Waals surface area (Å²) in [6, 6.07) is 0. The molecule has 0 nitrogen and oxygen atoms in total. The summed E-state index contributed by atoms with van der Waals surface area (Å²) in [7, 11) is 0. The summed E-state index contributed by atoms with van der Waals surface area (Å²) in [4.78, 5) is 0. The van der Waals surface area contributed by atoms with E-state index in [-0.39, 0.29) is 12.3 Å². The number of rotatable bonds is 1. The van der Waals surface area contributed by atoms with Gasteiger partial charge in [0.2, 0.25) is 0 Å². The summed E-state index contributed by atoms with van der Waals surface area (Å²) in [6.45, 7) is 3.50. The lowest BCUT2D eigenvalue weighted by molar-refractivity contribution is -0.263. The molecule has 0 bridgehead atoms. The molecule has 0 aromatic rings. The summed E-state index contributed by atoms with van der Waals surface area (Å²) < 4.78 is 37.0. The highest BCUT2D eigenvalue weighted by Gasteiger charge is 2.59. The highest BCUT2D eigenvalue weighted by atomic mass is 19.4. The minimum Gasteiger partial charge on any atom is -0.171 e. The first-order valence-electron chi connectivity index (χ1n) is 3.98. The van der Waals surface area contributed by atoms with Crippen molar-refractivity contribution in [3.63, 3.8) is 0 Å². The third-order valence-electron chi connectivity index (χ3n) is 2.76. The van der Waals surface area contributed by atoms with Crippen LogP contribution in [0.2, 0.25) is 0 Å². The van der Waals surface area contributed by atoms with E-state index in [0.717, 1.165) is 0 Å². The quantitative estimate of drug-likeness (QED) is 0.560. The molecule has 0 unspecified atom stereocenters. The average Bonchev–Trinajstić information content (AvgIpc) is 1.77. The molecule has 0 radical (unpaired) electrons. The highest BCUT2D eigenvalue weighted by Crippen LogP contribution is 2.57. The van der Waals surface area contributed by atoms with Gasteiger partial charge in [0.05, 0.1) is 5.41 Å². The summed E-state index contributed by atoms with van der Waals surface area (Å²) >= 11 is 0. The van der Waals surface area contributed by atoms with E-state index in [1.807, 2.05) is 6.92 Å². The molecule has 0 aromatic heterocycles. The lowest BCUT2D eigenvalue weighted by Crippen LogP contribution is -2.47. The fourth-order valence-electron chi connectivity index (χ4n) is 1.99. The largest absolute Gasteiger partial charge is 0.394 e. The molecule has 1 rings (SSSR count). The van der Waals surface area contributed by atoms with Gasteiger partial charge in [0, 0.05) is 0 Å². The molecule has 0 amide bonds. The van der Waals surface area contributed by atoms with E-state index < -0.39 is 11.6 Å². The van der Waals surface area contributed by atoms with Crippen LogP contribution in [0.15, 0.2) is 0 Å². The Labute approximate surface area is 64.8 Å². The highest BCUT2D eigenvalue weighted by molar-refractivity contribution is 4.96. The zero-order valence-electron chi connectivity index (χ0n) is 6.83. The number of hydrogen-bond donors (Lipinski definition) is 0. The molecule has 0 atom stereocenters. The van der Waals surface area contributed by atoms with E-state index in [9.17, 15) is 13.2 Å². The van der Waals surface area contributed by atoms with Gasteiger partial charge in [0.25, 0.3) is 0 Å². The third kappa shape index (κ3) is 1.25. The Kier molecular flexibility index (Phi) is 1.93. The van der Waals surface area contributed by atoms with E-state index in [1.165, 1.54) is 0 Å². The third-order valence-corrected chi connectivity index (χ3v) is 2.76. The predicted molar refractivity (Wildman–Crippen MR) is 37.2 cm³/mol. The molecule has 3 heteroatoms. The smallest absolute Gasteiger partial charge is 0.171 e. The van der Waals surface area contributed by atoms with E-state index in [4.69, 9.17) is 0 Å². The van der Waals surface area contributed by atoms with Crippen molar-refractivity contribution in [1.82, 2.24) is 0 Å². The van der Waals surface area contributed by atoms with Gasteiger partial charge in [-0.1, -0.05) is 13.8 Å². The monoisotopic (exact) mass is 166 g/mol. The first kappa shape index (κ1) is 8.88. The maximum atomic E-state index is 12.3. The van der Waals surface area contributed by atoms with Gasteiger partial charge in [0.15, 0.2) is 0 Å². The van der Waals surface area contributed by atoms with Crippen LogP contribution in [0.25, 0.3) is 0 Å². The van der Waals surface area contributed by atoms with Crippen LogP contribution in [0.5, 0.6) is 0 Å². The van der Waals surface area contributed by atoms with E-state index in [2.05, 4.69) is 0 Å². The molecule has 1 aliphatic carbocycles. The zero-order chi connectivity index (χ0) is 8.70. The van der Waals surface area contributed by atoms with Crippen LogP contribution in [0.1, 0.15) is 33.1 Å². The van der Waals surface area contributed by atoms with Crippen LogP contribution >= 0.6 is 0 Å². The van der Waals surface area contributed by atoms with Gasteiger partial charge < -0.3 is 0 Å². The number of alkyl halides is 3. The number of hydrogen-bond acceptors (Lipinski definition) is 0. The molecule has 66 valence electrons. The molecule has 0 saturated heterocycles. The minimum atomic E-state index is -3.98. The van der Waals surface area contributed by atoms with Crippen molar-refractivity contribution in [2.45, 2.75) is 39.3 Å². The van der Waals surface area contributed by atoms with Gasteiger partial charge in [-0.25, -0.2) is 0 Å². The standard InChI is InChI=1S/C8H13F3/c1-3-7(8(9,10)11)4-6(2)5-7/h6H,3-5H2,1-2H3. The lowest BCUT2D eigenvalue weighted by atomic mass is 9.61. The fraction of sp³-hybridized carbons (Fsp3) is 1.00. The maximum absolute atomic E-state index is 12.3. The van der Waals surface area contributed by atoms with E-state index >= 15 is 0 Å². The van der Waals surface area contributed by atoms with Crippen molar-refractivity contribution in [2.75, 3.05) is 0 Å². The van der Waals surface area contributed by atoms with Crippen molar-refractivity contribution >= 4 is 0 Å². The summed E-state index contributed by atoms with van der Waals surface area (Å²) in [5.74, 6) is 0.261. The Balaban J connectivity index is 2.65. The zero-order valence-corrected chi connectivity index (χ0v) is 6.83. The van der Waals surface area contributed by atoms with Gasteiger partial charge >= 0.3 is 6.18 Å². The first-order chi connectivity index (χ1) is 4.91. The molecule has 0 N–H and O–H groups in total. The Morgan fingerprint density at radius 3 is 1.91 bits per heavy atom. The summed E-state index contributed by atoms with van der Waals surface area (Å²) in [5, 5.41) is 0. The van der Waals surface area contributed by atoms with Crippen molar-refractivity contribution in [3.05, 3.63) is 0 Å². The van der Waals surface area contributed by atoms with Gasteiger partial charge in [-0.05, 0) is 25.2 Å². The van der Waals surface area contributed by atoms with Gasteiger partial charge in [-0.3, -0.25) is 0 Å². The molecule has 0 heterocycles. The Morgan fingerprint density at radius 2 is 1.82 bits per heavy atom. The second kappa shape index (κ2) is 2.39. The van der Waals surface area contributed by atoms with Crippen LogP contribution in [-0.2, 0) is 0 Å². The minimum absolute atomic E-state index is 0.237. The van der Waals surface area contributed by atoms with Crippen LogP contribution in [0.4, 0.5) is 13.2 Å². The SMILES string of the molecule is CCC1(C(F)(F)F)CC(C)C1. The van der Waals surface area contributed by atoms with E-state index in [1.54, 1.807) is 6.92 Å². The van der Waals surface area contributed by atoms with Gasteiger partial charge in [0.1, 0.15) is 0 Å². The summed E-state index contributed by atoms with van der Waals surface area (Å²) in [5.41, 5.74) is -1.33.